The summed E-state index contributed by atoms with van der Waals surface area (Å²) in [5, 5.41) is 0. The standard InChI is InChI=1S/C16H22O7S.Na/c1-15(2,3)22-13(17)10-7-8-11(12(9-10)24(19,20)21)14(18)23-16(4,5)6;/h7-9H,1-6H3,(H,19,20,21);. The van der Waals surface area contributed by atoms with Crippen LogP contribution in [0.5, 0.6) is 0 Å². The fourth-order valence-electron chi connectivity index (χ4n) is 1.70. The van der Waals surface area contributed by atoms with Crippen LogP contribution in [-0.4, -0.2) is 65.7 Å². The second-order valence-electron chi connectivity index (χ2n) is 7.19. The third-order valence-corrected chi connectivity index (χ3v) is 3.41. The number of carbonyl (C=O) groups is 2. The molecule has 1 N–H and O–H groups in total. The Hall–Kier alpha value is -0.930. The van der Waals surface area contributed by atoms with Gasteiger partial charge in [-0.1, -0.05) is 0 Å². The van der Waals surface area contributed by atoms with Gasteiger partial charge in [0.2, 0.25) is 0 Å². The summed E-state index contributed by atoms with van der Waals surface area (Å²) < 4.78 is 42.8. The first-order valence-corrected chi connectivity index (χ1v) is 8.62. The third-order valence-electron chi connectivity index (χ3n) is 2.51. The van der Waals surface area contributed by atoms with Crippen LogP contribution in [-0.2, 0) is 19.6 Å². The average molecular weight is 381 g/mol. The molecule has 0 heterocycles. The maximum atomic E-state index is 12.1. The summed E-state index contributed by atoms with van der Waals surface area (Å²) in [6.07, 6.45) is 0. The Morgan fingerprint density at radius 2 is 1.36 bits per heavy atom. The fourth-order valence-corrected chi connectivity index (χ4v) is 2.41. The van der Waals surface area contributed by atoms with E-state index in [1.54, 1.807) is 41.5 Å². The van der Waals surface area contributed by atoms with Crippen molar-refractivity contribution in [1.82, 2.24) is 0 Å². The van der Waals surface area contributed by atoms with Gasteiger partial charge in [0.15, 0.2) is 0 Å². The van der Waals surface area contributed by atoms with Crippen LogP contribution < -0.4 is 0 Å². The van der Waals surface area contributed by atoms with E-state index in [1.807, 2.05) is 0 Å². The molecule has 0 aliphatic rings. The Morgan fingerprint density at radius 3 is 1.76 bits per heavy atom. The Balaban J connectivity index is 0.00000576. The first-order chi connectivity index (χ1) is 10.6. The van der Waals surface area contributed by atoms with Crippen LogP contribution >= 0.6 is 0 Å². The summed E-state index contributed by atoms with van der Waals surface area (Å²) in [4.78, 5) is 23.5. The summed E-state index contributed by atoms with van der Waals surface area (Å²) in [7, 11) is -4.74. The van der Waals surface area contributed by atoms with Crippen molar-refractivity contribution in [3.05, 3.63) is 29.3 Å². The van der Waals surface area contributed by atoms with E-state index >= 15 is 0 Å². The van der Waals surface area contributed by atoms with E-state index in [1.165, 1.54) is 6.07 Å². The molecule has 0 fully saturated rings. The molecule has 0 spiro atoms. The zero-order chi connectivity index (χ0) is 18.9. The van der Waals surface area contributed by atoms with Gasteiger partial charge in [-0.15, -0.1) is 0 Å². The summed E-state index contributed by atoms with van der Waals surface area (Å²) in [5.41, 5.74) is -2.10. The first kappa shape index (κ1) is 24.1. The van der Waals surface area contributed by atoms with Gasteiger partial charge in [0.05, 0.1) is 11.1 Å². The Labute approximate surface area is 170 Å². The maximum absolute atomic E-state index is 12.1. The number of benzene rings is 1. The maximum Gasteiger partial charge on any atom is 0.340 e. The van der Waals surface area contributed by atoms with Gasteiger partial charge in [-0.05, 0) is 59.7 Å². The van der Waals surface area contributed by atoms with Crippen molar-refractivity contribution < 1.29 is 32.0 Å². The molecule has 1 aromatic rings. The molecule has 0 atom stereocenters. The van der Waals surface area contributed by atoms with E-state index in [4.69, 9.17) is 9.47 Å². The number of ether oxygens (including phenoxy) is 2. The molecule has 25 heavy (non-hydrogen) atoms. The summed E-state index contributed by atoms with van der Waals surface area (Å²) >= 11 is 0. The molecule has 0 saturated heterocycles. The van der Waals surface area contributed by atoms with E-state index in [9.17, 15) is 22.6 Å². The van der Waals surface area contributed by atoms with Crippen molar-refractivity contribution in [2.45, 2.75) is 57.6 Å². The van der Waals surface area contributed by atoms with Crippen LogP contribution in [0, 0.1) is 0 Å². The molecule has 0 aliphatic carbocycles. The number of esters is 2. The second kappa shape index (κ2) is 8.18. The van der Waals surface area contributed by atoms with Crippen LogP contribution in [0.25, 0.3) is 0 Å². The van der Waals surface area contributed by atoms with Crippen LogP contribution in [0.2, 0.25) is 0 Å². The van der Waals surface area contributed by atoms with Gasteiger partial charge < -0.3 is 9.47 Å². The largest absolute Gasteiger partial charge is 0.456 e. The minimum atomic E-state index is -4.74. The first-order valence-electron chi connectivity index (χ1n) is 7.18. The van der Waals surface area contributed by atoms with Crippen LogP contribution in [0.4, 0.5) is 0 Å². The minimum absolute atomic E-state index is 0. The SMILES string of the molecule is CC(C)(C)OC(=O)c1ccc(C(=O)OC(C)(C)C)c(S(=O)(=O)O)c1.[Na]. The van der Waals surface area contributed by atoms with Crippen LogP contribution in [0.15, 0.2) is 23.1 Å². The monoisotopic (exact) mass is 381 g/mol. The van der Waals surface area contributed by atoms with Gasteiger partial charge in [-0.25, -0.2) is 9.59 Å². The average Bonchev–Trinajstić information content (AvgIpc) is 2.32. The molecular formula is C16H22NaO7S. The fraction of sp³-hybridized carbons (Fsp3) is 0.500. The summed E-state index contributed by atoms with van der Waals surface area (Å²) in [6, 6.07) is 3.24. The molecule has 0 saturated carbocycles. The van der Waals surface area contributed by atoms with Crippen molar-refractivity contribution in [2.75, 3.05) is 0 Å². The van der Waals surface area contributed by atoms with E-state index in [-0.39, 0.29) is 40.7 Å². The van der Waals surface area contributed by atoms with Crippen molar-refractivity contribution in [3.8, 4) is 0 Å². The molecule has 7 nitrogen and oxygen atoms in total. The normalized spacial score (nSPS) is 12.1. The number of carbonyl (C=O) groups excluding carboxylic acids is 2. The molecule has 0 bridgehead atoms. The predicted molar refractivity (Wildman–Crippen MR) is 92.3 cm³/mol. The molecule has 0 unspecified atom stereocenters. The molecule has 135 valence electrons. The summed E-state index contributed by atoms with van der Waals surface area (Å²) in [5.74, 6) is -1.70. The van der Waals surface area contributed by atoms with Crippen molar-refractivity contribution in [1.29, 1.82) is 0 Å². The van der Waals surface area contributed by atoms with Crippen molar-refractivity contribution >= 4 is 51.6 Å². The van der Waals surface area contributed by atoms with Gasteiger partial charge in [-0.2, -0.15) is 8.42 Å². The zero-order valence-corrected chi connectivity index (χ0v) is 18.4. The quantitative estimate of drug-likeness (QED) is 0.487. The topological polar surface area (TPSA) is 107 Å². The smallest absolute Gasteiger partial charge is 0.340 e. The Morgan fingerprint density at radius 1 is 0.920 bits per heavy atom. The second-order valence-corrected chi connectivity index (χ2v) is 8.58. The van der Waals surface area contributed by atoms with Gasteiger partial charge in [0.1, 0.15) is 16.1 Å². The molecule has 1 aromatic carbocycles. The minimum Gasteiger partial charge on any atom is -0.456 e. The summed E-state index contributed by atoms with van der Waals surface area (Å²) in [6.45, 7) is 9.82. The van der Waals surface area contributed by atoms with E-state index in [2.05, 4.69) is 0 Å². The number of hydrogen-bond donors (Lipinski definition) is 1. The molecule has 1 radical (unpaired) electrons. The number of rotatable bonds is 3. The van der Waals surface area contributed by atoms with Gasteiger partial charge in [-0.3, -0.25) is 4.55 Å². The van der Waals surface area contributed by atoms with E-state index < -0.39 is 38.2 Å². The Kier molecular flexibility index (Phi) is 7.87. The van der Waals surface area contributed by atoms with E-state index in [0.29, 0.717) is 0 Å². The molecule has 0 aliphatic heterocycles. The van der Waals surface area contributed by atoms with Gasteiger partial charge >= 0.3 is 11.9 Å². The Bertz CT molecular complexity index is 756. The van der Waals surface area contributed by atoms with Crippen LogP contribution in [0.1, 0.15) is 62.3 Å². The molecule has 1 rings (SSSR count). The molecule has 0 amide bonds. The zero-order valence-electron chi connectivity index (χ0n) is 15.5. The predicted octanol–water partition coefficient (Wildman–Crippen LogP) is 2.46. The molecular weight excluding hydrogens is 359 g/mol. The van der Waals surface area contributed by atoms with E-state index in [0.717, 1.165) is 12.1 Å². The number of hydrogen-bond acceptors (Lipinski definition) is 6. The van der Waals surface area contributed by atoms with Gasteiger partial charge in [0.25, 0.3) is 10.1 Å². The van der Waals surface area contributed by atoms with Gasteiger partial charge in [0, 0.05) is 29.6 Å². The third kappa shape index (κ3) is 7.87. The van der Waals surface area contributed by atoms with Crippen molar-refractivity contribution in [3.63, 3.8) is 0 Å². The van der Waals surface area contributed by atoms with Crippen LogP contribution in [0.3, 0.4) is 0 Å². The molecule has 0 aromatic heterocycles. The molecule has 9 heteroatoms. The van der Waals surface area contributed by atoms with Crippen molar-refractivity contribution in [2.24, 2.45) is 0 Å².